The quantitative estimate of drug-likeness (QED) is 0.724. The number of aromatic nitrogens is 6. The first-order valence-corrected chi connectivity index (χ1v) is 9.07. The van der Waals surface area contributed by atoms with Crippen LogP contribution in [0.4, 0.5) is 0 Å². The molecule has 8 heteroatoms. The Hall–Kier alpha value is -1.44. The second-order valence-electron chi connectivity index (χ2n) is 5.69. The zero-order valence-corrected chi connectivity index (χ0v) is 13.8. The molecule has 3 rings (SSSR count). The van der Waals surface area contributed by atoms with Crippen molar-refractivity contribution in [3.05, 3.63) is 11.7 Å². The molecule has 0 N–H and O–H groups in total. The van der Waals surface area contributed by atoms with Gasteiger partial charge in [-0.2, -0.15) is 4.98 Å². The van der Waals surface area contributed by atoms with Crippen molar-refractivity contribution in [1.82, 2.24) is 30.3 Å². The second-order valence-corrected chi connectivity index (χ2v) is 6.64. The molecular weight excluding hydrogens is 300 g/mol. The summed E-state index contributed by atoms with van der Waals surface area (Å²) in [6, 6.07) is 0.439. The summed E-state index contributed by atoms with van der Waals surface area (Å²) in [6.45, 7) is 2.15. The van der Waals surface area contributed by atoms with E-state index in [2.05, 4.69) is 32.6 Å². The molecule has 1 fully saturated rings. The number of tetrazole rings is 1. The third kappa shape index (κ3) is 3.85. The van der Waals surface area contributed by atoms with Gasteiger partial charge in [0.05, 0.1) is 11.8 Å². The maximum Gasteiger partial charge on any atom is 0.237 e. The molecular formula is C14H22N6OS. The van der Waals surface area contributed by atoms with Crippen molar-refractivity contribution in [2.24, 2.45) is 0 Å². The molecule has 22 heavy (non-hydrogen) atoms. The topological polar surface area (TPSA) is 82.5 Å². The molecule has 0 saturated heterocycles. The highest BCUT2D eigenvalue weighted by Crippen LogP contribution is 2.30. The molecule has 1 saturated carbocycles. The Morgan fingerprint density at radius 1 is 1.27 bits per heavy atom. The van der Waals surface area contributed by atoms with Gasteiger partial charge in [-0.1, -0.05) is 49.5 Å². The predicted octanol–water partition coefficient (Wildman–Crippen LogP) is 3.20. The molecule has 0 amide bonds. The highest BCUT2D eigenvalue weighted by Gasteiger charge is 2.20. The fourth-order valence-electron chi connectivity index (χ4n) is 2.75. The minimum absolute atomic E-state index is 0.439. The van der Waals surface area contributed by atoms with Gasteiger partial charge in [-0.05, 0) is 29.7 Å². The number of rotatable bonds is 7. The Balaban J connectivity index is 1.57. The smallest absolute Gasteiger partial charge is 0.237 e. The van der Waals surface area contributed by atoms with Crippen LogP contribution in [0.15, 0.2) is 9.68 Å². The van der Waals surface area contributed by atoms with Crippen molar-refractivity contribution in [1.29, 1.82) is 0 Å². The van der Waals surface area contributed by atoms with Crippen LogP contribution in [0.3, 0.4) is 0 Å². The van der Waals surface area contributed by atoms with Crippen LogP contribution in [0.1, 0.15) is 69.6 Å². The van der Waals surface area contributed by atoms with E-state index in [9.17, 15) is 0 Å². The zero-order chi connectivity index (χ0) is 15.2. The summed E-state index contributed by atoms with van der Waals surface area (Å²) < 4.78 is 7.26. The second kappa shape index (κ2) is 7.71. The number of thioether (sulfide) groups is 1. The van der Waals surface area contributed by atoms with E-state index >= 15 is 0 Å². The Labute approximate surface area is 134 Å². The van der Waals surface area contributed by atoms with Gasteiger partial charge in [0.2, 0.25) is 11.0 Å². The first kappa shape index (κ1) is 15.5. The fraction of sp³-hybridized carbons (Fsp3) is 0.786. The summed E-state index contributed by atoms with van der Waals surface area (Å²) in [5.41, 5.74) is 0. The standard InChI is InChI=1S/C14H22N6OS/c1-2-3-9-12-15-13(21-17-12)10-22-14-16-18-19-20(14)11-7-5-4-6-8-11/h11H,2-10H2,1H3. The summed E-state index contributed by atoms with van der Waals surface area (Å²) in [4.78, 5) is 4.41. The van der Waals surface area contributed by atoms with Crippen LogP contribution in [0.25, 0.3) is 0 Å². The van der Waals surface area contributed by atoms with E-state index in [1.165, 1.54) is 32.1 Å². The van der Waals surface area contributed by atoms with Crippen molar-refractivity contribution in [3.8, 4) is 0 Å². The van der Waals surface area contributed by atoms with E-state index in [1.54, 1.807) is 11.8 Å². The van der Waals surface area contributed by atoms with Gasteiger partial charge in [-0.3, -0.25) is 0 Å². The number of nitrogens with zero attached hydrogens (tertiary/aromatic N) is 6. The van der Waals surface area contributed by atoms with Crippen molar-refractivity contribution in [3.63, 3.8) is 0 Å². The van der Waals surface area contributed by atoms with Crippen LogP contribution < -0.4 is 0 Å². The van der Waals surface area contributed by atoms with Crippen molar-refractivity contribution >= 4 is 11.8 Å². The van der Waals surface area contributed by atoms with Crippen molar-refractivity contribution in [2.75, 3.05) is 0 Å². The molecule has 0 bridgehead atoms. The first-order valence-electron chi connectivity index (χ1n) is 8.09. The summed E-state index contributed by atoms with van der Waals surface area (Å²) in [6.07, 6.45) is 9.29. The Morgan fingerprint density at radius 3 is 2.95 bits per heavy atom. The minimum Gasteiger partial charge on any atom is -0.338 e. The van der Waals surface area contributed by atoms with Gasteiger partial charge in [-0.25, -0.2) is 4.68 Å². The monoisotopic (exact) mass is 322 g/mol. The maximum atomic E-state index is 5.29. The first-order chi connectivity index (χ1) is 10.9. The molecule has 0 aromatic carbocycles. The van der Waals surface area contributed by atoms with E-state index < -0.39 is 0 Å². The van der Waals surface area contributed by atoms with Crippen LogP contribution in [0.5, 0.6) is 0 Å². The SMILES string of the molecule is CCCCc1noc(CSc2nnnn2C2CCCCC2)n1. The highest BCUT2D eigenvalue weighted by atomic mass is 32.2. The van der Waals surface area contributed by atoms with Crippen LogP contribution in [-0.2, 0) is 12.2 Å². The number of aryl methyl sites for hydroxylation is 1. The number of hydrogen-bond acceptors (Lipinski definition) is 7. The van der Waals surface area contributed by atoms with Gasteiger partial charge in [0.25, 0.3) is 0 Å². The van der Waals surface area contributed by atoms with E-state index in [0.29, 0.717) is 17.7 Å². The molecule has 1 aliphatic rings. The Kier molecular flexibility index (Phi) is 5.42. The van der Waals surface area contributed by atoms with Crippen LogP contribution >= 0.6 is 11.8 Å². The summed E-state index contributed by atoms with van der Waals surface area (Å²) in [5.74, 6) is 2.06. The molecule has 0 spiro atoms. The molecule has 2 heterocycles. The lowest BCUT2D eigenvalue weighted by molar-refractivity contribution is 0.307. The average molecular weight is 322 g/mol. The lowest BCUT2D eigenvalue weighted by Crippen LogP contribution is -2.15. The highest BCUT2D eigenvalue weighted by molar-refractivity contribution is 7.98. The van der Waals surface area contributed by atoms with Crippen LogP contribution in [0, 0.1) is 0 Å². The average Bonchev–Trinajstić information content (AvgIpc) is 3.21. The van der Waals surface area contributed by atoms with Gasteiger partial charge in [-0.15, -0.1) is 5.10 Å². The summed E-state index contributed by atoms with van der Waals surface area (Å²) in [5, 5.41) is 17.0. The minimum atomic E-state index is 0.439. The van der Waals surface area contributed by atoms with Crippen molar-refractivity contribution in [2.45, 2.75) is 75.2 Å². The van der Waals surface area contributed by atoms with Gasteiger partial charge >= 0.3 is 0 Å². The number of unbranched alkanes of at least 4 members (excludes halogenated alkanes) is 1. The molecule has 120 valence electrons. The zero-order valence-electron chi connectivity index (χ0n) is 12.9. The maximum absolute atomic E-state index is 5.29. The lowest BCUT2D eigenvalue weighted by atomic mass is 9.96. The van der Waals surface area contributed by atoms with Gasteiger partial charge in [0.15, 0.2) is 5.82 Å². The molecule has 0 aliphatic heterocycles. The summed E-state index contributed by atoms with van der Waals surface area (Å²) in [7, 11) is 0. The molecule has 0 atom stereocenters. The molecule has 0 radical (unpaired) electrons. The molecule has 7 nitrogen and oxygen atoms in total. The Morgan fingerprint density at radius 2 is 2.14 bits per heavy atom. The van der Waals surface area contributed by atoms with E-state index in [4.69, 9.17) is 4.52 Å². The molecule has 2 aromatic rings. The van der Waals surface area contributed by atoms with Gasteiger partial charge in [0.1, 0.15) is 0 Å². The molecule has 1 aliphatic carbocycles. The number of hydrogen-bond donors (Lipinski definition) is 0. The molecule has 2 aromatic heterocycles. The van der Waals surface area contributed by atoms with Crippen LogP contribution in [-0.4, -0.2) is 30.3 Å². The molecule has 0 unspecified atom stereocenters. The Bertz CT molecular complexity index is 577. The largest absolute Gasteiger partial charge is 0.338 e. The van der Waals surface area contributed by atoms with E-state index in [0.717, 1.165) is 30.2 Å². The third-order valence-electron chi connectivity index (χ3n) is 3.97. The van der Waals surface area contributed by atoms with E-state index in [-0.39, 0.29) is 0 Å². The van der Waals surface area contributed by atoms with Gasteiger partial charge < -0.3 is 4.52 Å². The predicted molar refractivity (Wildman–Crippen MR) is 82.4 cm³/mol. The summed E-state index contributed by atoms with van der Waals surface area (Å²) >= 11 is 1.57. The van der Waals surface area contributed by atoms with Gasteiger partial charge in [0, 0.05) is 6.42 Å². The third-order valence-corrected chi connectivity index (χ3v) is 4.89. The normalized spacial score (nSPS) is 16.2. The fourth-order valence-corrected chi connectivity index (χ4v) is 3.53. The van der Waals surface area contributed by atoms with E-state index in [1.807, 2.05) is 4.68 Å². The lowest BCUT2D eigenvalue weighted by Gasteiger charge is -2.21. The van der Waals surface area contributed by atoms with Crippen LogP contribution in [0.2, 0.25) is 0 Å². The van der Waals surface area contributed by atoms with Crippen molar-refractivity contribution < 1.29 is 4.52 Å².